The molecule has 2 unspecified atom stereocenters. The van der Waals surface area contributed by atoms with Crippen molar-refractivity contribution in [1.29, 1.82) is 0 Å². The Morgan fingerprint density at radius 3 is 2.42 bits per heavy atom. The number of rotatable bonds is 4. The second-order valence-corrected chi connectivity index (χ2v) is 6.05. The van der Waals surface area contributed by atoms with Crippen LogP contribution in [0.5, 0.6) is 0 Å². The topological polar surface area (TPSA) is 12.0 Å². The van der Waals surface area contributed by atoms with Crippen molar-refractivity contribution < 1.29 is 0 Å². The van der Waals surface area contributed by atoms with Gasteiger partial charge in [0.1, 0.15) is 0 Å². The predicted molar refractivity (Wildman–Crippen MR) is 82.6 cm³/mol. The molecule has 0 aromatic heterocycles. The van der Waals surface area contributed by atoms with Gasteiger partial charge in [0, 0.05) is 16.5 Å². The molecule has 1 N–H and O–H groups in total. The van der Waals surface area contributed by atoms with Crippen LogP contribution in [0.25, 0.3) is 10.8 Å². The molecule has 0 bridgehead atoms. The summed E-state index contributed by atoms with van der Waals surface area (Å²) in [5.74, 6) is 1.56. The number of hydrogen-bond acceptors (Lipinski definition) is 1. The normalized spacial score (nSPS) is 18.5. The van der Waals surface area contributed by atoms with Crippen LogP contribution < -0.4 is 5.32 Å². The van der Waals surface area contributed by atoms with Gasteiger partial charge in [-0.3, -0.25) is 0 Å². The fourth-order valence-corrected chi connectivity index (χ4v) is 3.38. The zero-order chi connectivity index (χ0) is 13.4. The van der Waals surface area contributed by atoms with Crippen LogP contribution in [-0.4, -0.2) is 7.05 Å². The Morgan fingerprint density at radius 1 is 1.11 bits per heavy atom. The van der Waals surface area contributed by atoms with E-state index >= 15 is 0 Å². The first-order chi connectivity index (χ1) is 9.22. The summed E-state index contributed by atoms with van der Waals surface area (Å²) in [5.41, 5.74) is 1.38. The van der Waals surface area contributed by atoms with Gasteiger partial charge in [0.05, 0.1) is 0 Å². The first kappa shape index (κ1) is 13.0. The Balaban J connectivity index is 2.10. The Bertz CT molecular complexity index is 589. The zero-order valence-corrected chi connectivity index (χ0v) is 12.2. The van der Waals surface area contributed by atoms with Crippen LogP contribution in [0.15, 0.2) is 36.4 Å². The third-order valence-electron chi connectivity index (χ3n) is 4.44. The highest BCUT2D eigenvalue weighted by Crippen LogP contribution is 2.44. The molecule has 2 aromatic carbocycles. The Kier molecular flexibility index (Phi) is 3.51. The van der Waals surface area contributed by atoms with Crippen LogP contribution in [0.1, 0.15) is 31.4 Å². The molecule has 0 radical (unpaired) electrons. The number of fused-ring (bicyclic) bond motifs is 1. The van der Waals surface area contributed by atoms with Gasteiger partial charge in [-0.15, -0.1) is 0 Å². The minimum absolute atomic E-state index is 0.412. The monoisotopic (exact) mass is 273 g/mol. The summed E-state index contributed by atoms with van der Waals surface area (Å²) in [6.07, 6.45) is 2.76. The molecular weight excluding hydrogens is 254 g/mol. The van der Waals surface area contributed by atoms with Gasteiger partial charge in [-0.2, -0.15) is 0 Å². The van der Waals surface area contributed by atoms with Crippen LogP contribution in [0, 0.1) is 11.8 Å². The first-order valence-corrected chi connectivity index (χ1v) is 7.44. The molecule has 2 aromatic rings. The van der Waals surface area contributed by atoms with E-state index in [1.54, 1.807) is 0 Å². The van der Waals surface area contributed by atoms with Crippen molar-refractivity contribution in [3.05, 3.63) is 47.0 Å². The molecule has 1 saturated carbocycles. The average Bonchev–Trinajstić information content (AvgIpc) is 3.26. The van der Waals surface area contributed by atoms with Crippen molar-refractivity contribution in [2.75, 3.05) is 7.05 Å². The van der Waals surface area contributed by atoms with Crippen LogP contribution in [0.3, 0.4) is 0 Å². The molecule has 1 aliphatic rings. The summed E-state index contributed by atoms with van der Waals surface area (Å²) in [5, 5.41) is 6.79. The van der Waals surface area contributed by atoms with E-state index in [0.29, 0.717) is 12.0 Å². The van der Waals surface area contributed by atoms with Gasteiger partial charge in [-0.25, -0.2) is 0 Å². The molecule has 0 saturated heterocycles. The van der Waals surface area contributed by atoms with Crippen LogP contribution in [0.4, 0.5) is 0 Å². The van der Waals surface area contributed by atoms with E-state index in [-0.39, 0.29) is 0 Å². The lowest BCUT2D eigenvalue weighted by Crippen LogP contribution is -2.25. The molecule has 3 rings (SSSR count). The maximum Gasteiger partial charge on any atom is 0.0484 e. The molecule has 2 heteroatoms. The zero-order valence-electron chi connectivity index (χ0n) is 11.5. The van der Waals surface area contributed by atoms with Crippen LogP contribution >= 0.6 is 11.6 Å². The summed E-state index contributed by atoms with van der Waals surface area (Å²) in [4.78, 5) is 0. The van der Waals surface area contributed by atoms with Crippen LogP contribution in [-0.2, 0) is 0 Å². The van der Waals surface area contributed by atoms with Crippen molar-refractivity contribution in [3.8, 4) is 0 Å². The lowest BCUT2D eigenvalue weighted by Gasteiger charge is -2.25. The van der Waals surface area contributed by atoms with Crippen molar-refractivity contribution in [2.24, 2.45) is 11.8 Å². The summed E-state index contributed by atoms with van der Waals surface area (Å²) >= 11 is 6.31. The van der Waals surface area contributed by atoms with Gasteiger partial charge in [-0.1, -0.05) is 48.9 Å². The van der Waals surface area contributed by atoms with Gasteiger partial charge in [-0.05, 0) is 48.7 Å². The van der Waals surface area contributed by atoms with E-state index < -0.39 is 0 Å². The summed E-state index contributed by atoms with van der Waals surface area (Å²) < 4.78 is 0. The van der Waals surface area contributed by atoms with E-state index in [0.717, 1.165) is 16.3 Å². The summed E-state index contributed by atoms with van der Waals surface area (Å²) in [7, 11) is 2.06. The maximum absolute atomic E-state index is 6.31. The third-order valence-corrected chi connectivity index (χ3v) is 4.77. The SMILES string of the molecule is CNC(c1ccc(Cl)c2ccccc12)C(C)C1CC1. The molecule has 1 nitrogen and oxygen atoms in total. The van der Waals surface area contributed by atoms with Gasteiger partial charge < -0.3 is 5.32 Å². The van der Waals surface area contributed by atoms with Crippen molar-refractivity contribution in [3.63, 3.8) is 0 Å². The van der Waals surface area contributed by atoms with Crippen molar-refractivity contribution >= 4 is 22.4 Å². The van der Waals surface area contributed by atoms with E-state index in [1.807, 2.05) is 6.07 Å². The molecule has 1 fully saturated rings. The summed E-state index contributed by atoms with van der Waals surface area (Å²) in [6, 6.07) is 13.1. The molecule has 0 amide bonds. The quantitative estimate of drug-likeness (QED) is 0.844. The molecule has 1 aliphatic carbocycles. The molecule has 2 atom stereocenters. The van der Waals surface area contributed by atoms with Gasteiger partial charge in [0.25, 0.3) is 0 Å². The van der Waals surface area contributed by atoms with Gasteiger partial charge >= 0.3 is 0 Å². The highest BCUT2D eigenvalue weighted by atomic mass is 35.5. The van der Waals surface area contributed by atoms with E-state index in [2.05, 4.69) is 49.6 Å². The third kappa shape index (κ3) is 2.37. The van der Waals surface area contributed by atoms with Gasteiger partial charge in [0.15, 0.2) is 0 Å². The Hall–Kier alpha value is -1.05. The maximum atomic E-state index is 6.31. The van der Waals surface area contributed by atoms with Crippen molar-refractivity contribution in [1.82, 2.24) is 5.32 Å². The molecule has 0 aliphatic heterocycles. The second kappa shape index (κ2) is 5.15. The highest BCUT2D eigenvalue weighted by Gasteiger charge is 2.33. The molecule has 0 spiro atoms. The number of halogens is 1. The van der Waals surface area contributed by atoms with E-state index in [4.69, 9.17) is 11.6 Å². The van der Waals surface area contributed by atoms with E-state index in [9.17, 15) is 0 Å². The summed E-state index contributed by atoms with van der Waals surface area (Å²) in [6.45, 7) is 2.36. The number of benzene rings is 2. The number of nitrogens with one attached hydrogen (secondary N) is 1. The largest absolute Gasteiger partial charge is 0.313 e. The predicted octanol–water partition coefficient (Wildman–Crippen LogP) is 4.80. The molecular formula is C17H20ClN. The highest BCUT2D eigenvalue weighted by molar-refractivity contribution is 6.35. The smallest absolute Gasteiger partial charge is 0.0484 e. The molecule has 0 heterocycles. The Morgan fingerprint density at radius 2 is 1.79 bits per heavy atom. The minimum atomic E-state index is 0.412. The van der Waals surface area contributed by atoms with E-state index in [1.165, 1.54) is 23.8 Å². The fraction of sp³-hybridized carbons (Fsp3) is 0.412. The molecule has 100 valence electrons. The average molecular weight is 274 g/mol. The minimum Gasteiger partial charge on any atom is -0.313 e. The molecule has 19 heavy (non-hydrogen) atoms. The lowest BCUT2D eigenvalue weighted by atomic mass is 9.88. The Labute approximate surface area is 120 Å². The van der Waals surface area contributed by atoms with Crippen molar-refractivity contribution in [2.45, 2.75) is 25.8 Å². The fourth-order valence-electron chi connectivity index (χ4n) is 3.15. The number of hydrogen-bond donors (Lipinski definition) is 1. The second-order valence-electron chi connectivity index (χ2n) is 5.65. The first-order valence-electron chi connectivity index (χ1n) is 7.06. The van der Waals surface area contributed by atoms with Crippen LogP contribution in [0.2, 0.25) is 5.02 Å². The standard InChI is InChI=1S/C17H20ClN/c1-11(12-7-8-12)17(19-2)15-9-10-16(18)14-6-4-3-5-13(14)15/h3-6,9-12,17,19H,7-8H2,1-2H3. The lowest BCUT2D eigenvalue weighted by molar-refractivity contribution is 0.371. The van der Waals surface area contributed by atoms with Gasteiger partial charge in [0.2, 0.25) is 0 Å².